The zero-order valence-corrected chi connectivity index (χ0v) is 10.2. The fourth-order valence-electron chi connectivity index (χ4n) is 1.19. The van der Waals surface area contributed by atoms with Crippen LogP contribution >= 0.6 is 11.6 Å². The highest BCUT2D eigenvalue weighted by atomic mass is 35.5. The van der Waals surface area contributed by atoms with Gasteiger partial charge in [-0.05, 0) is 26.0 Å². The number of hydrogen-bond donors (Lipinski definition) is 0. The second kappa shape index (κ2) is 6.23. The molecule has 1 aromatic heterocycles. The molecular weight excluding hydrogens is 224 g/mol. The Labute approximate surface area is 101 Å². The van der Waals surface area contributed by atoms with E-state index in [0.29, 0.717) is 17.7 Å². The summed E-state index contributed by atoms with van der Waals surface area (Å²) in [6.07, 6.45) is 1.65. The van der Waals surface area contributed by atoms with Crippen molar-refractivity contribution in [3.63, 3.8) is 0 Å². The first-order valence-electron chi connectivity index (χ1n) is 5.00. The van der Waals surface area contributed by atoms with Crippen molar-refractivity contribution >= 4 is 24.7 Å². The molecule has 4 nitrogen and oxygen atoms in total. The number of nitrogens with zero attached hydrogens (tertiary/aromatic N) is 4. The maximum Gasteiger partial charge on any atom is 0.129 e. The summed E-state index contributed by atoms with van der Waals surface area (Å²) in [6, 6.07) is 5.87. The van der Waals surface area contributed by atoms with Crippen LogP contribution in [-0.2, 0) is 6.54 Å². The standard InChI is InChI=1S/C11H15ClN4/c1-9(2)16(8-14-13-3)7-10-5-4-6-11(12)15-10/h4-6,8-9H,3,7H2,1-2H3/b14-8-. The molecule has 5 heteroatoms. The summed E-state index contributed by atoms with van der Waals surface area (Å²) in [5.74, 6) is 0. The third-order valence-electron chi connectivity index (χ3n) is 2.06. The van der Waals surface area contributed by atoms with Crippen molar-refractivity contribution in [1.82, 2.24) is 9.88 Å². The van der Waals surface area contributed by atoms with E-state index in [2.05, 4.69) is 35.8 Å². The molecule has 0 radical (unpaired) electrons. The molecule has 1 heterocycles. The van der Waals surface area contributed by atoms with Gasteiger partial charge in [-0.2, -0.15) is 5.10 Å². The van der Waals surface area contributed by atoms with Crippen LogP contribution in [0.4, 0.5) is 0 Å². The Bertz CT molecular complexity index is 376. The SMILES string of the molecule is C=N/N=C\N(Cc1cccc(Cl)n1)C(C)C. The molecule has 0 aliphatic heterocycles. The van der Waals surface area contributed by atoms with Crippen LogP contribution in [-0.4, -0.2) is 29.0 Å². The molecule has 1 rings (SSSR count). The second-order valence-electron chi connectivity index (χ2n) is 3.59. The zero-order valence-electron chi connectivity index (χ0n) is 9.47. The van der Waals surface area contributed by atoms with Crippen molar-refractivity contribution in [2.24, 2.45) is 10.2 Å². The van der Waals surface area contributed by atoms with Crippen molar-refractivity contribution in [2.75, 3.05) is 0 Å². The fraction of sp³-hybridized carbons (Fsp3) is 0.364. The van der Waals surface area contributed by atoms with Crippen LogP contribution in [0.15, 0.2) is 28.4 Å². The zero-order chi connectivity index (χ0) is 12.0. The van der Waals surface area contributed by atoms with Crippen LogP contribution in [0.3, 0.4) is 0 Å². The second-order valence-corrected chi connectivity index (χ2v) is 3.98. The third-order valence-corrected chi connectivity index (χ3v) is 2.27. The van der Waals surface area contributed by atoms with E-state index in [0.717, 1.165) is 5.69 Å². The van der Waals surface area contributed by atoms with Gasteiger partial charge in [0, 0.05) is 12.8 Å². The van der Waals surface area contributed by atoms with Gasteiger partial charge in [-0.3, -0.25) is 0 Å². The molecular formula is C11H15ClN4. The van der Waals surface area contributed by atoms with E-state index < -0.39 is 0 Å². The van der Waals surface area contributed by atoms with Crippen molar-refractivity contribution in [2.45, 2.75) is 26.4 Å². The van der Waals surface area contributed by atoms with E-state index in [4.69, 9.17) is 11.6 Å². The lowest BCUT2D eigenvalue weighted by molar-refractivity contribution is 0.348. The first-order valence-corrected chi connectivity index (χ1v) is 5.37. The van der Waals surface area contributed by atoms with Gasteiger partial charge in [0.1, 0.15) is 11.5 Å². The van der Waals surface area contributed by atoms with Gasteiger partial charge >= 0.3 is 0 Å². The molecule has 0 N–H and O–H groups in total. The Kier molecular flexibility index (Phi) is 4.92. The van der Waals surface area contributed by atoms with Crippen molar-refractivity contribution < 1.29 is 0 Å². The maximum absolute atomic E-state index is 5.82. The highest BCUT2D eigenvalue weighted by Gasteiger charge is 2.07. The molecule has 1 aromatic rings. The van der Waals surface area contributed by atoms with Gasteiger partial charge < -0.3 is 4.90 Å². The molecule has 0 saturated heterocycles. The van der Waals surface area contributed by atoms with E-state index in [9.17, 15) is 0 Å². The topological polar surface area (TPSA) is 40.9 Å². The molecule has 16 heavy (non-hydrogen) atoms. The average Bonchev–Trinajstić information content (AvgIpc) is 2.24. The maximum atomic E-state index is 5.82. The van der Waals surface area contributed by atoms with E-state index in [1.54, 1.807) is 12.4 Å². The summed E-state index contributed by atoms with van der Waals surface area (Å²) in [5.41, 5.74) is 0.900. The lowest BCUT2D eigenvalue weighted by atomic mass is 10.3. The van der Waals surface area contributed by atoms with Crippen LogP contribution in [0.2, 0.25) is 5.15 Å². The minimum atomic E-state index is 0.311. The minimum Gasteiger partial charge on any atom is -0.353 e. The Balaban J connectivity index is 2.75. The quantitative estimate of drug-likeness (QED) is 0.342. The summed E-state index contributed by atoms with van der Waals surface area (Å²) >= 11 is 5.82. The molecule has 0 saturated carbocycles. The van der Waals surface area contributed by atoms with Crippen LogP contribution < -0.4 is 0 Å². The number of halogens is 1. The van der Waals surface area contributed by atoms with Crippen molar-refractivity contribution in [3.05, 3.63) is 29.0 Å². The van der Waals surface area contributed by atoms with Gasteiger partial charge in [-0.15, -0.1) is 5.10 Å². The predicted octanol–water partition coefficient (Wildman–Crippen LogP) is 2.59. The summed E-state index contributed by atoms with van der Waals surface area (Å²) in [4.78, 5) is 6.23. The first-order chi connectivity index (χ1) is 7.63. The van der Waals surface area contributed by atoms with Crippen molar-refractivity contribution in [1.29, 1.82) is 0 Å². The largest absolute Gasteiger partial charge is 0.353 e. The minimum absolute atomic E-state index is 0.311. The normalized spacial score (nSPS) is 11.0. The van der Waals surface area contributed by atoms with Crippen LogP contribution in [0, 0.1) is 0 Å². The molecule has 0 aliphatic carbocycles. The molecule has 0 amide bonds. The average molecular weight is 239 g/mol. The Morgan fingerprint density at radius 1 is 1.56 bits per heavy atom. The van der Waals surface area contributed by atoms with Gasteiger partial charge in [0.15, 0.2) is 0 Å². The van der Waals surface area contributed by atoms with Crippen LogP contribution in [0.5, 0.6) is 0 Å². The molecule has 0 spiro atoms. The smallest absolute Gasteiger partial charge is 0.129 e. The third kappa shape index (κ3) is 3.98. The molecule has 0 fully saturated rings. The highest BCUT2D eigenvalue weighted by Crippen LogP contribution is 2.08. The number of aromatic nitrogens is 1. The van der Waals surface area contributed by atoms with Crippen LogP contribution in [0.25, 0.3) is 0 Å². The van der Waals surface area contributed by atoms with E-state index in [1.807, 2.05) is 17.0 Å². The van der Waals surface area contributed by atoms with Gasteiger partial charge in [-0.1, -0.05) is 17.7 Å². The predicted molar refractivity (Wildman–Crippen MR) is 68.0 cm³/mol. The first kappa shape index (κ1) is 12.6. The summed E-state index contributed by atoms with van der Waals surface area (Å²) in [7, 11) is 0. The van der Waals surface area contributed by atoms with E-state index in [1.165, 1.54) is 0 Å². The summed E-state index contributed by atoms with van der Waals surface area (Å²) in [6.45, 7) is 8.09. The highest BCUT2D eigenvalue weighted by molar-refractivity contribution is 6.29. The summed E-state index contributed by atoms with van der Waals surface area (Å²) in [5, 5.41) is 7.71. The molecule has 0 aliphatic rings. The molecule has 86 valence electrons. The lowest BCUT2D eigenvalue weighted by Gasteiger charge is -2.22. The van der Waals surface area contributed by atoms with Gasteiger partial charge in [0.2, 0.25) is 0 Å². The van der Waals surface area contributed by atoms with Crippen LogP contribution in [0.1, 0.15) is 19.5 Å². The molecule has 0 bridgehead atoms. The van der Waals surface area contributed by atoms with Gasteiger partial charge in [0.25, 0.3) is 0 Å². The van der Waals surface area contributed by atoms with Gasteiger partial charge in [0.05, 0.1) is 12.2 Å². The Hall–Kier alpha value is -1.42. The van der Waals surface area contributed by atoms with Gasteiger partial charge in [-0.25, -0.2) is 4.98 Å². The van der Waals surface area contributed by atoms with E-state index >= 15 is 0 Å². The number of rotatable bonds is 5. The van der Waals surface area contributed by atoms with Crippen molar-refractivity contribution in [3.8, 4) is 0 Å². The fourth-order valence-corrected chi connectivity index (χ4v) is 1.37. The Morgan fingerprint density at radius 2 is 2.31 bits per heavy atom. The monoisotopic (exact) mass is 238 g/mol. The van der Waals surface area contributed by atoms with E-state index in [-0.39, 0.29) is 0 Å². The summed E-state index contributed by atoms with van der Waals surface area (Å²) < 4.78 is 0. The number of hydrogen-bond acceptors (Lipinski definition) is 3. The Morgan fingerprint density at radius 3 is 2.88 bits per heavy atom. The molecule has 0 unspecified atom stereocenters. The molecule has 0 aromatic carbocycles. The lowest BCUT2D eigenvalue weighted by Crippen LogP contribution is -2.29. The number of pyridine rings is 1. The molecule has 0 atom stereocenters.